The summed E-state index contributed by atoms with van der Waals surface area (Å²) in [4.78, 5) is 11.7. The van der Waals surface area contributed by atoms with Crippen molar-refractivity contribution in [3.05, 3.63) is 29.8 Å². The number of hydrogen-bond donors (Lipinski definition) is 2. The van der Waals surface area contributed by atoms with E-state index >= 15 is 0 Å². The van der Waals surface area contributed by atoms with Crippen molar-refractivity contribution in [3.63, 3.8) is 0 Å². The van der Waals surface area contributed by atoms with Crippen LogP contribution in [-0.2, 0) is 9.53 Å². The van der Waals surface area contributed by atoms with Gasteiger partial charge in [0, 0.05) is 19.3 Å². The average Bonchev–Trinajstić information content (AvgIpc) is 2.32. The molecule has 0 heterocycles. The quantitative estimate of drug-likeness (QED) is 0.737. The van der Waals surface area contributed by atoms with Gasteiger partial charge >= 0.3 is 0 Å². The highest BCUT2D eigenvalue weighted by molar-refractivity contribution is 5.84. The highest BCUT2D eigenvalue weighted by atomic mass is 16.5. The Balaban J connectivity index is 2.46. The largest absolute Gasteiger partial charge is 0.383 e. The third-order valence-electron chi connectivity index (χ3n) is 2.52. The monoisotopic (exact) mass is 236 g/mol. The van der Waals surface area contributed by atoms with E-state index in [1.54, 1.807) is 7.11 Å². The summed E-state index contributed by atoms with van der Waals surface area (Å²) in [7, 11) is 1.61. The first-order valence-electron chi connectivity index (χ1n) is 5.74. The molecule has 1 aromatic carbocycles. The van der Waals surface area contributed by atoms with Crippen LogP contribution in [0.15, 0.2) is 24.3 Å². The molecule has 0 radical (unpaired) electrons. The summed E-state index contributed by atoms with van der Waals surface area (Å²) in [5.74, 6) is -0.0229. The number of hydrogen-bond acceptors (Lipinski definition) is 3. The Bertz CT molecular complexity index is 366. The minimum atomic E-state index is -0.257. The van der Waals surface area contributed by atoms with Gasteiger partial charge in [-0.15, -0.1) is 0 Å². The minimum absolute atomic E-state index is 0.0229. The minimum Gasteiger partial charge on any atom is -0.383 e. The van der Waals surface area contributed by atoms with E-state index in [1.807, 2.05) is 38.1 Å². The molecule has 1 unspecified atom stereocenters. The standard InChI is InChI=1S/C13H20N2O2/c1-10-6-4-5-7-12(10)15-11(2)13(16)14-8-9-17-3/h4-7,11,15H,8-9H2,1-3H3,(H,14,16). The van der Waals surface area contributed by atoms with Crippen LogP contribution < -0.4 is 10.6 Å². The van der Waals surface area contributed by atoms with Gasteiger partial charge in [-0.1, -0.05) is 18.2 Å². The number of amides is 1. The number of carbonyl (C=O) groups is 1. The van der Waals surface area contributed by atoms with Gasteiger partial charge in [0.1, 0.15) is 6.04 Å². The number of nitrogens with one attached hydrogen (secondary N) is 2. The first kappa shape index (κ1) is 13.5. The summed E-state index contributed by atoms with van der Waals surface area (Å²) < 4.78 is 4.87. The van der Waals surface area contributed by atoms with Gasteiger partial charge in [-0.25, -0.2) is 0 Å². The van der Waals surface area contributed by atoms with Crippen LogP contribution in [0.3, 0.4) is 0 Å². The smallest absolute Gasteiger partial charge is 0.242 e. The van der Waals surface area contributed by atoms with Crippen molar-refractivity contribution < 1.29 is 9.53 Å². The summed E-state index contributed by atoms with van der Waals surface area (Å²) in [6, 6.07) is 7.65. The Hall–Kier alpha value is -1.55. The second-order valence-corrected chi connectivity index (χ2v) is 3.96. The van der Waals surface area contributed by atoms with Crippen molar-refractivity contribution in [1.82, 2.24) is 5.32 Å². The third kappa shape index (κ3) is 4.44. The first-order chi connectivity index (χ1) is 8.15. The van der Waals surface area contributed by atoms with E-state index in [9.17, 15) is 4.79 Å². The molecule has 17 heavy (non-hydrogen) atoms. The van der Waals surface area contributed by atoms with E-state index in [0.29, 0.717) is 13.2 Å². The maximum Gasteiger partial charge on any atom is 0.242 e. The fourth-order valence-electron chi connectivity index (χ4n) is 1.46. The highest BCUT2D eigenvalue weighted by Gasteiger charge is 2.12. The Morgan fingerprint density at radius 1 is 1.41 bits per heavy atom. The summed E-state index contributed by atoms with van der Waals surface area (Å²) in [5.41, 5.74) is 2.12. The van der Waals surface area contributed by atoms with Gasteiger partial charge in [-0.3, -0.25) is 4.79 Å². The van der Waals surface area contributed by atoms with Crippen molar-refractivity contribution >= 4 is 11.6 Å². The highest BCUT2D eigenvalue weighted by Crippen LogP contribution is 2.14. The molecule has 1 aromatic rings. The first-order valence-corrected chi connectivity index (χ1v) is 5.74. The van der Waals surface area contributed by atoms with Gasteiger partial charge in [0.05, 0.1) is 6.61 Å². The zero-order valence-electron chi connectivity index (χ0n) is 10.6. The molecular weight excluding hydrogens is 216 g/mol. The lowest BCUT2D eigenvalue weighted by Gasteiger charge is -2.16. The summed E-state index contributed by atoms with van der Waals surface area (Å²) in [5, 5.41) is 5.98. The molecule has 1 rings (SSSR count). The van der Waals surface area contributed by atoms with Crippen LogP contribution in [0.25, 0.3) is 0 Å². The molecular formula is C13H20N2O2. The molecule has 0 aliphatic rings. The lowest BCUT2D eigenvalue weighted by atomic mass is 10.2. The summed E-state index contributed by atoms with van der Waals surface area (Å²) in [6.45, 7) is 4.92. The molecule has 1 atom stereocenters. The number of aryl methyl sites for hydroxylation is 1. The van der Waals surface area contributed by atoms with E-state index in [0.717, 1.165) is 11.3 Å². The second kappa shape index (κ2) is 6.91. The number of rotatable bonds is 6. The number of methoxy groups -OCH3 is 1. The SMILES string of the molecule is COCCNC(=O)C(C)Nc1ccccc1C. The summed E-state index contributed by atoms with van der Waals surface area (Å²) >= 11 is 0. The number of ether oxygens (including phenoxy) is 1. The molecule has 0 saturated heterocycles. The number of carbonyl (C=O) groups excluding carboxylic acids is 1. The van der Waals surface area contributed by atoms with Crippen molar-refractivity contribution in [2.45, 2.75) is 19.9 Å². The van der Waals surface area contributed by atoms with E-state index in [-0.39, 0.29) is 11.9 Å². The number of para-hydroxylation sites is 1. The molecule has 0 saturated carbocycles. The molecule has 4 heteroatoms. The second-order valence-electron chi connectivity index (χ2n) is 3.96. The molecule has 1 amide bonds. The van der Waals surface area contributed by atoms with E-state index < -0.39 is 0 Å². The Morgan fingerprint density at radius 3 is 2.76 bits per heavy atom. The molecule has 0 aromatic heterocycles. The molecule has 0 spiro atoms. The molecule has 0 bridgehead atoms. The number of anilines is 1. The van der Waals surface area contributed by atoms with Gasteiger partial charge in [-0.05, 0) is 25.5 Å². The molecule has 0 aliphatic carbocycles. The number of benzene rings is 1. The predicted molar refractivity (Wildman–Crippen MR) is 69.1 cm³/mol. The molecule has 0 aliphatic heterocycles. The zero-order valence-corrected chi connectivity index (χ0v) is 10.6. The molecule has 4 nitrogen and oxygen atoms in total. The lowest BCUT2D eigenvalue weighted by molar-refractivity contribution is -0.121. The van der Waals surface area contributed by atoms with Gasteiger partial charge in [0.15, 0.2) is 0 Å². The zero-order chi connectivity index (χ0) is 12.7. The maximum absolute atomic E-state index is 11.7. The molecule has 94 valence electrons. The Morgan fingerprint density at radius 2 is 2.12 bits per heavy atom. The van der Waals surface area contributed by atoms with Crippen molar-refractivity contribution in [3.8, 4) is 0 Å². The Labute approximate surface area is 102 Å². The van der Waals surface area contributed by atoms with E-state index in [1.165, 1.54) is 0 Å². The van der Waals surface area contributed by atoms with Crippen LogP contribution in [0.4, 0.5) is 5.69 Å². The van der Waals surface area contributed by atoms with Crippen molar-refractivity contribution in [2.75, 3.05) is 25.6 Å². The van der Waals surface area contributed by atoms with Crippen molar-refractivity contribution in [2.24, 2.45) is 0 Å². The topological polar surface area (TPSA) is 50.4 Å². The Kier molecular flexibility index (Phi) is 5.49. The molecule has 0 fully saturated rings. The van der Waals surface area contributed by atoms with Crippen molar-refractivity contribution in [1.29, 1.82) is 0 Å². The maximum atomic E-state index is 11.7. The van der Waals surface area contributed by atoms with Crippen LogP contribution in [0, 0.1) is 6.92 Å². The predicted octanol–water partition coefficient (Wildman–Crippen LogP) is 1.56. The van der Waals surface area contributed by atoms with Gasteiger partial charge in [0.25, 0.3) is 0 Å². The third-order valence-corrected chi connectivity index (χ3v) is 2.52. The van der Waals surface area contributed by atoms with Gasteiger partial charge in [0.2, 0.25) is 5.91 Å². The molecule has 2 N–H and O–H groups in total. The average molecular weight is 236 g/mol. The van der Waals surface area contributed by atoms with Gasteiger partial charge in [-0.2, -0.15) is 0 Å². The van der Waals surface area contributed by atoms with Crippen LogP contribution in [-0.4, -0.2) is 32.2 Å². The van der Waals surface area contributed by atoms with Crippen LogP contribution in [0.1, 0.15) is 12.5 Å². The van der Waals surface area contributed by atoms with E-state index in [4.69, 9.17) is 4.74 Å². The van der Waals surface area contributed by atoms with Gasteiger partial charge < -0.3 is 15.4 Å². The van der Waals surface area contributed by atoms with E-state index in [2.05, 4.69) is 10.6 Å². The van der Waals surface area contributed by atoms with Crippen LogP contribution in [0.2, 0.25) is 0 Å². The fraction of sp³-hybridized carbons (Fsp3) is 0.462. The van der Waals surface area contributed by atoms with Crippen LogP contribution in [0.5, 0.6) is 0 Å². The lowest BCUT2D eigenvalue weighted by Crippen LogP contribution is -2.39. The fourth-order valence-corrected chi connectivity index (χ4v) is 1.46. The van der Waals surface area contributed by atoms with Crippen LogP contribution >= 0.6 is 0 Å². The summed E-state index contributed by atoms with van der Waals surface area (Å²) in [6.07, 6.45) is 0. The normalized spacial score (nSPS) is 11.9.